The van der Waals surface area contributed by atoms with Crippen molar-refractivity contribution < 1.29 is 14.3 Å². The van der Waals surface area contributed by atoms with Gasteiger partial charge in [-0.05, 0) is 43.0 Å². The van der Waals surface area contributed by atoms with Gasteiger partial charge >= 0.3 is 0 Å². The monoisotopic (exact) mass is 321 g/mol. The summed E-state index contributed by atoms with van der Waals surface area (Å²) in [5.41, 5.74) is -0.0412. The van der Waals surface area contributed by atoms with Crippen molar-refractivity contribution in [3.63, 3.8) is 0 Å². The largest absolute Gasteiger partial charge is 0.375 e. The van der Waals surface area contributed by atoms with E-state index in [4.69, 9.17) is 9.47 Å². The fraction of sp³-hybridized carbons (Fsp3) is 0.706. The van der Waals surface area contributed by atoms with Crippen LogP contribution >= 0.6 is 11.3 Å². The Morgan fingerprint density at radius 3 is 2.91 bits per heavy atom. The zero-order valence-electron chi connectivity index (χ0n) is 12.8. The molecule has 0 N–H and O–H groups in total. The number of hydrogen-bond donors (Lipinski definition) is 0. The fourth-order valence-corrected chi connectivity index (χ4v) is 4.18. The summed E-state index contributed by atoms with van der Waals surface area (Å²) in [7, 11) is 0. The molecule has 3 fully saturated rings. The van der Waals surface area contributed by atoms with Crippen LogP contribution in [0.2, 0.25) is 0 Å². The van der Waals surface area contributed by atoms with E-state index in [1.54, 1.807) is 0 Å². The third kappa shape index (κ3) is 3.07. The second-order valence-electron chi connectivity index (χ2n) is 6.87. The van der Waals surface area contributed by atoms with E-state index >= 15 is 0 Å². The number of carbonyl (C=O) groups is 1. The maximum absolute atomic E-state index is 12.4. The number of carbonyl (C=O) groups excluding carboxylic acids is 1. The topological polar surface area (TPSA) is 38.8 Å². The molecular formula is C17H23NO3S. The first kappa shape index (κ1) is 14.7. The highest BCUT2D eigenvalue weighted by Gasteiger charge is 2.44. The van der Waals surface area contributed by atoms with Crippen LogP contribution in [0.5, 0.6) is 0 Å². The molecule has 0 aromatic carbocycles. The molecule has 5 heteroatoms. The second kappa shape index (κ2) is 5.95. The van der Waals surface area contributed by atoms with Crippen LogP contribution in [0, 0.1) is 5.92 Å². The maximum atomic E-state index is 12.4. The molecule has 0 unspecified atom stereocenters. The number of nitrogens with zero attached hydrogens (tertiary/aromatic N) is 1. The highest BCUT2D eigenvalue weighted by molar-refractivity contribution is 7.12. The molecule has 3 heterocycles. The molecule has 1 aromatic rings. The summed E-state index contributed by atoms with van der Waals surface area (Å²) in [5.74, 6) is 0.978. The Balaban J connectivity index is 1.29. The standard InChI is InChI=1S/C17H23NO3S/c19-16(15-2-1-9-22-15)18-7-5-17(6-8-18)10-14(12-21-17)20-11-13-3-4-13/h1-2,9,13-14H,3-8,10-12H2/t14-/m0/s1. The van der Waals surface area contributed by atoms with Crippen LogP contribution in [0.15, 0.2) is 17.5 Å². The average molecular weight is 321 g/mol. The molecular weight excluding hydrogens is 298 g/mol. The minimum absolute atomic E-state index is 0.0412. The van der Waals surface area contributed by atoms with Gasteiger partial charge in [-0.25, -0.2) is 0 Å². The normalized spacial score (nSPS) is 27.5. The minimum atomic E-state index is -0.0412. The van der Waals surface area contributed by atoms with Crippen molar-refractivity contribution in [2.75, 3.05) is 26.3 Å². The van der Waals surface area contributed by atoms with Gasteiger partial charge in [-0.1, -0.05) is 6.07 Å². The Bertz CT molecular complexity index is 518. The van der Waals surface area contributed by atoms with E-state index in [1.165, 1.54) is 24.2 Å². The van der Waals surface area contributed by atoms with E-state index in [0.717, 1.165) is 56.4 Å². The van der Waals surface area contributed by atoms with Crippen molar-refractivity contribution in [2.45, 2.75) is 43.8 Å². The van der Waals surface area contributed by atoms with Crippen LogP contribution < -0.4 is 0 Å². The Hall–Kier alpha value is -0.910. The molecule has 1 aliphatic carbocycles. The summed E-state index contributed by atoms with van der Waals surface area (Å²) in [4.78, 5) is 15.2. The van der Waals surface area contributed by atoms with Gasteiger partial charge in [0.15, 0.2) is 0 Å². The van der Waals surface area contributed by atoms with E-state index in [0.29, 0.717) is 0 Å². The zero-order valence-corrected chi connectivity index (χ0v) is 13.6. The average Bonchev–Trinajstić information content (AvgIpc) is 3.06. The molecule has 0 radical (unpaired) electrons. The van der Waals surface area contributed by atoms with Gasteiger partial charge in [-0.15, -0.1) is 11.3 Å². The first-order valence-corrected chi connectivity index (χ1v) is 9.20. The van der Waals surface area contributed by atoms with Crippen LogP contribution in [-0.2, 0) is 9.47 Å². The summed E-state index contributed by atoms with van der Waals surface area (Å²) >= 11 is 1.52. The quantitative estimate of drug-likeness (QED) is 0.856. The van der Waals surface area contributed by atoms with Crippen molar-refractivity contribution in [3.05, 3.63) is 22.4 Å². The van der Waals surface area contributed by atoms with Crippen molar-refractivity contribution >= 4 is 17.2 Å². The molecule has 1 aromatic heterocycles. The number of amides is 1. The fourth-order valence-electron chi connectivity index (χ4n) is 3.49. The predicted molar refractivity (Wildman–Crippen MR) is 85.2 cm³/mol. The highest BCUT2D eigenvalue weighted by atomic mass is 32.1. The molecule has 2 aliphatic heterocycles. The van der Waals surface area contributed by atoms with E-state index < -0.39 is 0 Å². The lowest BCUT2D eigenvalue weighted by Crippen LogP contribution is -2.46. The highest BCUT2D eigenvalue weighted by Crippen LogP contribution is 2.38. The smallest absolute Gasteiger partial charge is 0.263 e. The minimum Gasteiger partial charge on any atom is -0.375 e. The second-order valence-corrected chi connectivity index (χ2v) is 7.81. The van der Waals surface area contributed by atoms with E-state index in [1.807, 2.05) is 22.4 Å². The van der Waals surface area contributed by atoms with Gasteiger partial charge in [-0.2, -0.15) is 0 Å². The molecule has 120 valence electrons. The van der Waals surface area contributed by atoms with Crippen molar-refractivity contribution in [1.29, 1.82) is 0 Å². The van der Waals surface area contributed by atoms with Crippen molar-refractivity contribution in [1.82, 2.24) is 4.90 Å². The molecule has 1 spiro atoms. The summed E-state index contributed by atoms with van der Waals surface area (Å²) in [6.07, 6.45) is 5.80. The molecule has 1 amide bonds. The third-order valence-electron chi connectivity index (χ3n) is 5.13. The lowest BCUT2D eigenvalue weighted by molar-refractivity contribution is -0.0409. The molecule has 3 aliphatic rings. The molecule has 4 nitrogen and oxygen atoms in total. The van der Waals surface area contributed by atoms with Gasteiger partial charge in [0.2, 0.25) is 0 Å². The summed E-state index contributed by atoms with van der Waals surface area (Å²) in [5, 5.41) is 1.96. The molecule has 1 saturated carbocycles. The van der Waals surface area contributed by atoms with Gasteiger partial charge in [0.25, 0.3) is 5.91 Å². The first-order valence-electron chi connectivity index (χ1n) is 8.32. The van der Waals surface area contributed by atoms with Crippen LogP contribution in [0.3, 0.4) is 0 Å². The van der Waals surface area contributed by atoms with Crippen LogP contribution in [-0.4, -0.2) is 48.8 Å². The van der Waals surface area contributed by atoms with E-state index in [2.05, 4.69) is 0 Å². The van der Waals surface area contributed by atoms with Crippen LogP contribution in [0.1, 0.15) is 41.8 Å². The number of ether oxygens (including phenoxy) is 2. The predicted octanol–water partition coefficient (Wildman–Crippen LogP) is 2.94. The van der Waals surface area contributed by atoms with E-state index in [-0.39, 0.29) is 17.6 Å². The van der Waals surface area contributed by atoms with Gasteiger partial charge in [0, 0.05) is 26.1 Å². The first-order chi connectivity index (χ1) is 10.7. The third-order valence-corrected chi connectivity index (χ3v) is 5.99. The summed E-state index contributed by atoms with van der Waals surface area (Å²) in [6, 6.07) is 3.84. The molecule has 1 atom stereocenters. The summed E-state index contributed by atoms with van der Waals surface area (Å²) < 4.78 is 12.1. The lowest BCUT2D eigenvalue weighted by Gasteiger charge is -2.38. The van der Waals surface area contributed by atoms with Gasteiger partial charge in [-0.3, -0.25) is 4.79 Å². The molecule has 0 bridgehead atoms. The Labute approximate surface area is 135 Å². The van der Waals surface area contributed by atoms with Crippen LogP contribution in [0.25, 0.3) is 0 Å². The molecule has 22 heavy (non-hydrogen) atoms. The SMILES string of the molecule is O=C(c1cccs1)N1CCC2(CC1)C[C@H](OCC1CC1)CO2. The maximum Gasteiger partial charge on any atom is 0.263 e. The van der Waals surface area contributed by atoms with E-state index in [9.17, 15) is 4.79 Å². The Morgan fingerprint density at radius 1 is 1.41 bits per heavy atom. The van der Waals surface area contributed by atoms with Gasteiger partial charge in [0.1, 0.15) is 0 Å². The lowest BCUT2D eigenvalue weighted by atomic mass is 9.88. The van der Waals surface area contributed by atoms with Gasteiger partial charge < -0.3 is 14.4 Å². The van der Waals surface area contributed by atoms with Gasteiger partial charge in [0.05, 0.1) is 23.2 Å². The zero-order chi connectivity index (χ0) is 15.0. The van der Waals surface area contributed by atoms with Crippen molar-refractivity contribution in [2.24, 2.45) is 5.92 Å². The number of rotatable bonds is 4. The van der Waals surface area contributed by atoms with Crippen LogP contribution in [0.4, 0.5) is 0 Å². The number of piperidine rings is 1. The number of thiophene rings is 1. The molecule has 2 saturated heterocycles. The van der Waals surface area contributed by atoms with Crippen molar-refractivity contribution in [3.8, 4) is 0 Å². The number of likely N-dealkylation sites (tertiary alicyclic amines) is 1. The Kier molecular flexibility index (Phi) is 3.96. The summed E-state index contributed by atoms with van der Waals surface area (Å²) in [6.45, 7) is 3.23. The Morgan fingerprint density at radius 2 is 2.23 bits per heavy atom. The molecule has 4 rings (SSSR count). The number of hydrogen-bond acceptors (Lipinski definition) is 4.